The lowest BCUT2D eigenvalue weighted by atomic mass is 10.3. The Bertz CT molecular complexity index is 526. The SMILES string of the molecule is C=CC(N)n1c(=O)sc2ccccc21. The van der Waals surface area contributed by atoms with Crippen LogP contribution in [-0.2, 0) is 0 Å². The second kappa shape index (κ2) is 3.40. The van der Waals surface area contributed by atoms with Crippen LogP contribution in [0, 0.1) is 0 Å². The van der Waals surface area contributed by atoms with E-state index in [4.69, 9.17) is 5.73 Å². The Morgan fingerprint density at radius 2 is 2.21 bits per heavy atom. The number of benzene rings is 1. The first-order valence-corrected chi connectivity index (χ1v) is 5.04. The standard InChI is InChI=1S/C10H10N2OS/c1-2-9(11)12-7-5-3-4-6-8(7)14-10(12)13/h2-6,9H,1,11H2. The van der Waals surface area contributed by atoms with Gasteiger partial charge in [0.25, 0.3) is 0 Å². The minimum absolute atomic E-state index is 0.0430. The van der Waals surface area contributed by atoms with E-state index < -0.39 is 6.17 Å². The molecule has 14 heavy (non-hydrogen) atoms. The summed E-state index contributed by atoms with van der Waals surface area (Å²) in [6, 6.07) is 7.59. The van der Waals surface area contributed by atoms with Gasteiger partial charge >= 0.3 is 4.87 Å². The molecule has 0 saturated heterocycles. The van der Waals surface area contributed by atoms with Crippen molar-refractivity contribution in [2.75, 3.05) is 0 Å². The first-order valence-electron chi connectivity index (χ1n) is 4.22. The third-order valence-electron chi connectivity index (χ3n) is 2.06. The van der Waals surface area contributed by atoms with Crippen molar-refractivity contribution < 1.29 is 0 Å². The van der Waals surface area contributed by atoms with Gasteiger partial charge in [-0.25, -0.2) is 0 Å². The number of hydrogen-bond donors (Lipinski definition) is 1. The van der Waals surface area contributed by atoms with Crippen LogP contribution < -0.4 is 10.6 Å². The molecule has 0 spiro atoms. The molecule has 0 fully saturated rings. The molecular formula is C10H10N2OS. The monoisotopic (exact) mass is 206 g/mol. The summed E-state index contributed by atoms with van der Waals surface area (Å²) in [6.07, 6.45) is 1.11. The Balaban J connectivity index is 2.80. The average molecular weight is 206 g/mol. The van der Waals surface area contributed by atoms with E-state index >= 15 is 0 Å². The van der Waals surface area contributed by atoms with E-state index in [2.05, 4.69) is 6.58 Å². The highest BCUT2D eigenvalue weighted by Gasteiger charge is 2.09. The molecule has 1 aromatic carbocycles. The van der Waals surface area contributed by atoms with Gasteiger partial charge in [-0.3, -0.25) is 9.36 Å². The quantitative estimate of drug-likeness (QED) is 0.760. The molecule has 2 aromatic rings. The summed E-state index contributed by atoms with van der Waals surface area (Å²) in [4.78, 5) is 11.5. The molecule has 1 unspecified atom stereocenters. The van der Waals surface area contributed by atoms with Crippen LogP contribution in [0.15, 0.2) is 41.7 Å². The van der Waals surface area contributed by atoms with Gasteiger partial charge in [-0.1, -0.05) is 36.1 Å². The van der Waals surface area contributed by atoms with Crippen molar-refractivity contribution in [2.24, 2.45) is 5.73 Å². The first-order chi connectivity index (χ1) is 6.74. The normalized spacial score (nSPS) is 12.9. The summed E-state index contributed by atoms with van der Waals surface area (Å²) in [6.45, 7) is 3.58. The Hall–Kier alpha value is -1.39. The van der Waals surface area contributed by atoms with E-state index in [0.717, 1.165) is 10.2 Å². The number of nitrogens with zero attached hydrogens (tertiary/aromatic N) is 1. The summed E-state index contributed by atoms with van der Waals surface area (Å²) < 4.78 is 2.50. The smallest absolute Gasteiger partial charge is 0.308 e. The predicted molar refractivity (Wildman–Crippen MR) is 59.5 cm³/mol. The van der Waals surface area contributed by atoms with E-state index in [1.165, 1.54) is 11.3 Å². The summed E-state index contributed by atoms with van der Waals surface area (Å²) in [7, 11) is 0. The molecule has 72 valence electrons. The molecule has 3 nitrogen and oxygen atoms in total. The van der Waals surface area contributed by atoms with Gasteiger partial charge in [-0.2, -0.15) is 0 Å². The van der Waals surface area contributed by atoms with Crippen molar-refractivity contribution in [2.45, 2.75) is 6.17 Å². The fourth-order valence-electron chi connectivity index (χ4n) is 1.37. The third-order valence-corrected chi connectivity index (χ3v) is 2.99. The van der Waals surface area contributed by atoms with Crippen molar-refractivity contribution in [1.82, 2.24) is 4.57 Å². The number of aromatic nitrogens is 1. The van der Waals surface area contributed by atoms with Crippen LogP contribution in [0.3, 0.4) is 0 Å². The van der Waals surface area contributed by atoms with Gasteiger partial charge in [-0.15, -0.1) is 0 Å². The fraction of sp³-hybridized carbons (Fsp3) is 0.100. The van der Waals surface area contributed by atoms with Gasteiger partial charge < -0.3 is 5.73 Å². The van der Waals surface area contributed by atoms with Gasteiger partial charge in [0.2, 0.25) is 0 Å². The van der Waals surface area contributed by atoms with Crippen LogP contribution in [0.5, 0.6) is 0 Å². The number of nitrogens with two attached hydrogens (primary N) is 1. The van der Waals surface area contributed by atoms with Crippen molar-refractivity contribution in [3.05, 3.63) is 46.6 Å². The van der Waals surface area contributed by atoms with Gasteiger partial charge in [0.1, 0.15) is 6.17 Å². The minimum atomic E-state index is -0.446. The fourth-order valence-corrected chi connectivity index (χ4v) is 2.30. The summed E-state index contributed by atoms with van der Waals surface area (Å²) in [5.41, 5.74) is 6.63. The van der Waals surface area contributed by atoms with Gasteiger partial charge in [0, 0.05) is 0 Å². The highest BCUT2D eigenvalue weighted by molar-refractivity contribution is 7.16. The van der Waals surface area contributed by atoms with Crippen LogP contribution >= 0.6 is 11.3 Å². The zero-order chi connectivity index (χ0) is 10.1. The molecule has 2 rings (SSSR count). The second-order valence-corrected chi connectivity index (χ2v) is 3.93. The maximum atomic E-state index is 11.6. The molecule has 0 saturated carbocycles. The van der Waals surface area contributed by atoms with Crippen LogP contribution in [0.1, 0.15) is 6.17 Å². The minimum Gasteiger partial charge on any atom is -0.308 e. The van der Waals surface area contributed by atoms with Crippen molar-refractivity contribution in [1.29, 1.82) is 0 Å². The molecule has 0 aliphatic rings. The average Bonchev–Trinajstić information content (AvgIpc) is 2.53. The van der Waals surface area contributed by atoms with Gasteiger partial charge in [-0.05, 0) is 12.1 Å². The molecule has 4 heteroatoms. The first kappa shape index (κ1) is 9.18. The highest BCUT2D eigenvalue weighted by Crippen LogP contribution is 2.18. The lowest BCUT2D eigenvalue weighted by Gasteiger charge is -2.07. The Morgan fingerprint density at radius 3 is 2.93 bits per heavy atom. The third kappa shape index (κ3) is 1.29. The van der Waals surface area contributed by atoms with Crippen LogP contribution in [0.25, 0.3) is 10.2 Å². The molecule has 0 aliphatic carbocycles. The van der Waals surface area contributed by atoms with Crippen LogP contribution in [-0.4, -0.2) is 4.57 Å². The second-order valence-electron chi connectivity index (χ2n) is 2.93. The van der Waals surface area contributed by atoms with E-state index in [1.807, 2.05) is 24.3 Å². The molecule has 2 N–H and O–H groups in total. The Kier molecular flexibility index (Phi) is 2.23. The molecule has 0 bridgehead atoms. The van der Waals surface area contributed by atoms with E-state index in [1.54, 1.807) is 10.6 Å². The molecule has 1 atom stereocenters. The molecule has 1 aromatic heterocycles. The lowest BCUT2D eigenvalue weighted by molar-refractivity contribution is 0.644. The summed E-state index contributed by atoms with van der Waals surface area (Å²) in [5.74, 6) is 0. The highest BCUT2D eigenvalue weighted by atomic mass is 32.1. The number of thiazole rings is 1. The van der Waals surface area contributed by atoms with Crippen molar-refractivity contribution in [3.63, 3.8) is 0 Å². The molecule has 0 amide bonds. The number of hydrogen-bond acceptors (Lipinski definition) is 3. The summed E-state index contributed by atoms with van der Waals surface area (Å²) >= 11 is 1.20. The predicted octanol–water partition coefficient (Wildman–Crippen LogP) is 1.71. The number of fused-ring (bicyclic) bond motifs is 1. The maximum absolute atomic E-state index is 11.6. The topological polar surface area (TPSA) is 48.0 Å². The maximum Gasteiger partial charge on any atom is 0.309 e. The number of para-hydroxylation sites is 1. The molecular weight excluding hydrogens is 196 g/mol. The Labute approximate surface area is 85.1 Å². The lowest BCUT2D eigenvalue weighted by Crippen LogP contribution is -2.24. The van der Waals surface area contributed by atoms with E-state index in [9.17, 15) is 4.79 Å². The zero-order valence-electron chi connectivity index (χ0n) is 7.51. The molecule has 0 radical (unpaired) electrons. The van der Waals surface area contributed by atoms with E-state index in [0.29, 0.717) is 0 Å². The largest absolute Gasteiger partial charge is 0.309 e. The van der Waals surface area contributed by atoms with Crippen LogP contribution in [0.2, 0.25) is 0 Å². The van der Waals surface area contributed by atoms with Gasteiger partial charge in [0.05, 0.1) is 10.2 Å². The van der Waals surface area contributed by atoms with Crippen molar-refractivity contribution in [3.8, 4) is 0 Å². The van der Waals surface area contributed by atoms with Crippen LogP contribution in [0.4, 0.5) is 0 Å². The van der Waals surface area contributed by atoms with Crippen molar-refractivity contribution >= 4 is 21.6 Å². The summed E-state index contributed by atoms with van der Waals surface area (Å²) in [5, 5.41) is 0. The van der Waals surface area contributed by atoms with E-state index in [-0.39, 0.29) is 4.87 Å². The number of rotatable bonds is 2. The van der Waals surface area contributed by atoms with Gasteiger partial charge in [0.15, 0.2) is 0 Å². The molecule has 0 aliphatic heterocycles. The zero-order valence-corrected chi connectivity index (χ0v) is 8.33. The Morgan fingerprint density at radius 1 is 1.50 bits per heavy atom. The molecule has 1 heterocycles.